The smallest absolute Gasteiger partial charge is 0.0359 e. The predicted molar refractivity (Wildman–Crippen MR) is 67.6 cm³/mol. The summed E-state index contributed by atoms with van der Waals surface area (Å²) < 4.78 is 0. The summed E-state index contributed by atoms with van der Waals surface area (Å²) in [5, 5.41) is 3.56. The molecule has 0 saturated carbocycles. The number of nitrogens with one attached hydrogen (secondary N) is 1. The lowest BCUT2D eigenvalue weighted by Crippen LogP contribution is -2.17. The van der Waals surface area contributed by atoms with Crippen LogP contribution in [0.1, 0.15) is 6.42 Å². The molecule has 0 bridgehead atoms. The van der Waals surface area contributed by atoms with Crippen molar-refractivity contribution < 1.29 is 0 Å². The second-order valence-electron chi connectivity index (χ2n) is 3.43. The largest absolute Gasteiger partial charge is 0.381 e. The lowest BCUT2D eigenvalue weighted by atomic mass is 10.2. The highest BCUT2D eigenvalue weighted by Gasteiger charge is 2.14. The number of hydrogen-bond donors (Lipinski definition) is 1. The van der Waals surface area contributed by atoms with Crippen LogP contribution >= 0.6 is 23.5 Å². The summed E-state index contributed by atoms with van der Waals surface area (Å²) in [6.45, 7) is 0. The number of hydrogen-bond acceptors (Lipinski definition) is 3. The molecular weight excluding hydrogens is 210 g/mol. The van der Waals surface area contributed by atoms with E-state index >= 15 is 0 Å². The van der Waals surface area contributed by atoms with Crippen LogP contribution in [0.25, 0.3) is 0 Å². The highest BCUT2D eigenvalue weighted by Crippen LogP contribution is 2.23. The summed E-state index contributed by atoms with van der Waals surface area (Å²) in [5.74, 6) is 2.56. The van der Waals surface area contributed by atoms with E-state index in [1.165, 1.54) is 28.5 Å². The Hall–Kier alpha value is -0.280. The van der Waals surface area contributed by atoms with E-state index in [-0.39, 0.29) is 0 Å². The number of benzene rings is 1. The van der Waals surface area contributed by atoms with Crippen LogP contribution in [0, 0.1) is 0 Å². The van der Waals surface area contributed by atoms with Crippen molar-refractivity contribution in [1.29, 1.82) is 0 Å². The van der Waals surface area contributed by atoms with Gasteiger partial charge in [-0.3, -0.25) is 0 Å². The van der Waals surface area contributed by atoms with Crippen molar-refractivity contribution in [1.82, 2.24) is 0 Å². The van der Waals surface area contributed by atoms with E-state index < -0.39 is 0 Å². The number of thioether (sulfide) groups is 2. The van der Waals surface area contributed by atoms with Gasteiger partial charge in [-0.1, -0.05) is 0 Å². The molecule has 2 rings (SSSR count). The molecule has 1 nitrogen and oxygen atoms in total. The number of anilines is 1. The molecule has 3 heteroatoms. The topological polar surface area (TPSA) is 12.0 Å². The molecule has 1 unspecified atom stereocenters. The fraction of sp³-hybridized carbons (Fsp3) is 0.455. The first-order valence-corrected chi connectivity index (χ1v) is 7.25. The van der Waals surface area contributed by atoms with Gasteiger partial charge in [-0.15, -0.1) is 11.8 Å². The maximum absolute atomic E-state index is 3.56. The molecule has 1 fully saturated rings. The quantitative estimate of drug-likeness (QED) is 0.793. The zero-order chi connectivity index (χ0) is 9.80. The molecule has 0 aliphatic carbocycles. The zero-order valence-electron chi connectivity index (χ0n) is 8.32. The summed E-state index contributed by atoms with van der Waals surface area (Å²) in [4.78, 5) is 1.33. The molecule has 0 radical (unpaired) electrons. The second-order valence-corrected chi connectivity index (χ2v) is 5.46. The van der Waals surface area contributed by atoms with Gasteiger partial charge >= 0.3 is 0 Å². The van der Waals surface area contributed by atoms with Gasteiger partial charge in [-0.2, -0.15) is 11.8 Å². The van der Waals surface area contributed by atoms with Crippen molar-refractivity contribution in [2.75, 3.05) is 23.1 Å². The average molecular weight is 225 g/mol. The molecule has 0 aromatic heterocycles. The molecule has 1 N–H and O–H groups in total. The molecule has 1 aliphatic heterocycles. The van der Waals surface area contributed by atoms with E-state index in [1.54, 1.807) is 11.8 Å². The third-order valence-electron chi connectivity index (χ3n) is 2.39. The van der Waals surface area contributed by atoms with E-state index in [9.17, 15) is 0 Å². The van der Waals surface area contributed by atoms with Crippen LogP contribution in [-0.4, -0.2) is 23.8 Å². The summed E-state index contributed by atoms with van der Waals surface area (Å²) in [5.41, 5.74) is 1.26. The van der Waals surface area contributed by atoms with Gasteiger partial charge in [-0.25, -0.2) is 0 Å². The van der Waals surface area contributed by atoms with Crippen molar-refractivity contribution in [3.8, 4) is 0 Å². The average Bonchev–Trinajstić information content (AvgIpc) is 2.72. The van der Waals surface area contributed by atoms with Gasteiger partial charge in [0.05, 0.1) is 0 Å². The van der Waals surface area contributed by atoms with Crippen molar-refractivity contribution in [2.24, 2.45) is 0 Å². The van der Waals surface area contributed by atoms with Gasteiger partial charge in [0.1, 0.15) is 0 Å². The maximum Gasteiger partial charge on any atom is 0.0359 e. The fourth-order valence-electron chi connectivity index (χ4n) is 1.57. The van der Waals surface area contributed by atoms with Crippen LogP contribution in [0.4, 0.5) is 5.69 Å². The van der Waals surface area contributed by atoms with E-state index in [0.29, 0.717) is 6.04 Å². The van der Waals surface area contributed by atoms with Crippen LogP contribution in [0.2, 0.25) is 0 Å². The van der Waals surface area contributed by atoms with Crippen molar-refractivity contribution in [3.63, 3.8) is 0 Å². The van der Waals surface area contributed by atoms with Crippen LogP contribution in [-0.2, 0) is 0 Å². The minimum absolute atomic E-state index is 0.681. The first kappa shape index (κ1) is 10.2. The van der Waals surface area contributed by atoms with Gasteiger partial charge in [0.15, 0.2) is 0 Å². The third kappa shape index (κ3) is 2.61. The Kier molecular flexibility index (Phi) is 3.65. The highest BCUT2D eigenvalue weighted by atomic mass is 32.2. The molecule has 1 heterocycles. The van der Waals surface area contributed by atoms with Crippen LogP contribution in [0.3, 0.4) is 0 Å². The van der Waals surface area contributed by atoms with Crippen LogP contribution in [0.5, 0.6) is 0 Å². The minimum atomic E-state index is 0.681. The SMILES string of the molecule is CSc1ccc(NC2CCSC2)cc1. The molecular formula is C11H15NS2. The first-order valence-electron chi connectivity index (χ1n) is 4.87. The Morgan fingerprint density at radius 3 is 2.71 bits per heavy atom. The molecule has 1 saturated heterocycles. The van der Waals surface area contributed by atoms with Crippen LogP contribution in [0.15, 0.2) is 29.2 Å². The lowest BCUT2D eigenvalue weighted by molar-refractivity contribution is 0.813. The maximum atomic E-state index is 3.56. The molecule has 1 aromatic carbocycles. The molecule has 1 aromatic rings. The minimum Gasteiger partial charge on any atom is -0.381 e. The summed E-state index contributed by atoms with van der Waals surface area (Å²) in [7, 11) is 0. The lowest BCUT2D eigenvalue weighted by Gasteiger charge is -2.12. The second kappa shape index (κ2) is 4.99. The summed E-state index contributed by atoms with van der Waals surface area (Å²) in [6.07, 6.45) is 3.41. The normalized spacial score (nSPS) is 21.1. The zero-order valence-corrected chi connectivity index (χ0v) is 9.96. The third-order valence-corrected chi connectivity index (χ3v) is 4.30. The molecule has 0 spiro atoms. The Morgan fingerprint density at radius 2 is 2.14 bits per heavy atom. The van der Waals surface area contributed by atoms with E-state index in [1.807, 2.05) is 11.8 Å². The van der Waals surface area contributed by atoms with Crippen molar-refractivity contribution in [3.05, 3.63) is 24.3 Å². The van der Waals surface area contributed by atoms with Crippen LogP contribution < -0.4 is 5.32 Å². The Balaban J connectivity index is 1.95. The molecule has 14 heavy (non-hydrogen) atoms. The van der Waals surface area contributed by atoms with Gasteiger partial charge in [0.25, 0.3) is 0 Å². The number of rotatable bonds is 3. The van der Waals surface area contributed by atoms with Gasteiger partial charge < -0.3 is 5.32 Å². The van der Waals surface area contributed by atoms with E-state index in [2.05, 4.69) is 35.8 Å². The van der Waals surface area contributed by atoms with Gasteiger partial charge in [0, 0.05) is 22.4 Å². The van der Waals surface area contributed by atoms with E-state index in [4.69, 9.17) is 0 Å². The Bertz CT molecular complexity index is 278. The summed E-state index contributed by atoms with van der Waals surface area (Å²) >= 11 is 3.83. The summed E-state index contributed by atoms with van der Waals surface area (Å²) in [6, 6.07) is 9.38. The van der Waals surface area contributed by atoms with Crippen molar-refractivity contribution in [2.45, 2.75) is 17.4 Å². The monoisotopic (exact) mass is 225 g/mol. The molecule has 1 aliphatic rings. The Morgan fingerprint density at radius 1 is 1.36 bits per heavy atom. The fourth-order valence-corrected chi connectivity index (χ4v) is 3.13. The predicted octanol–water partition coefficient (Wildman–Crippen LogP) is 3.33. The molecule has 0 amide bonds. The van der Waals surface area contributed by atoms with Gasteiger partial charge in [-0.05, 0) is 42.7 Å². The first-order chi connectivity index (χ1) is 6.88. The van der Waals surface area contributed by atoms with Gasteiger partial charge in [0.2, 0.25) is 0 Å². The Labute approximate surface area is 94.0 Å². The molecule has 76 valence electrons. The molecule has 1 atom stereocenters. The highest BCUT2D eigenvalue weighted by molar-refractivity contribution is 7.99. The van der Waals surface area contributed by atoms with Crippen molar-refractivity contribution >= 4 is 29.2 Å². The van der Waals surface area contributed by atoms with E-state index in [0.717, 1.165) is 0 Å². The standard InChI is InChI=1S/C11H15NS2/c1-13-11-4-2-9(3-5-11)12-10-6-7-14-8-10/h2-5,10,12H,6-8H2,1H3.